The lowest BCUT2D eigenvalue weighted by Crippen LogP contribution is -2.80. The van der Waals surface area contributed by atoms with Crippen molar-refractivity contribution in [1.82, 2.24) is 5.32 Å². The number of allylic oxidation sites excluding steroid dienone is 1. The number of carbonyl (C=O) groups is 2. The van der Waals surface area contributed by atoms with E-state index in [1.165, 1.54) is 7.11 Å². The van der Waals surface area contributed by atoms with E-state index < -0.39 is 29.1 Å². The fraction of sp³-hybridized carbons (Fsp3) is 0.750. The van der Waals surface area contributed by atoms with Crippen LogP contribution in [0.4, 0.5) is 0 Å². The maximum Gasteiger partial charge on any atom is 0.339 e. The van der Waals surface area contributed by atoms with E-state index in [2.05, 4.69) is 14.5 Å². The molecule has 0 unspecified atom stereocenters. The van der Waals surface area contributed by atoms with E-state index >= 15 is 0 Å². The van der Waals surface area contributed by atoms with Gasteiger partial charge in [-0.05, 0) is 32.6 Å². The summed E-state index contributed by atoms with van der Waals surface area (Å²) in [5.74, 6) is -1.67. The lowest BCUT2D eigenvalue weighted by molar-refractivity contribution is -0.238. The van der Waals surface area contributed by atoms with E-state index in [0.29, 0.717) is 18.7 Å². The minimum absolute atomic E-state index is 0.179. The van der Waals surface area contributed by atoms with Crippen LogP contribution in [-0.2, 0) is 27.7 Å². The van der Waals surface area contributed by atoms with Crippen LogP contribution in [-0.4, -0.2) is 47.9 Å². The average molecular weight is 373 g/mol. The predicted molar refractivity (Wildman–Crippen MR) is 87.6 cm³/mol. The van der Waals surface area contributed by atoms with Gasteiger partial charge < -0.3 is 15.2 Å². The van der Waals surface area contributed by atoms with Crippen LogP contribution in [0.3, 0.4) is 0 Å². The van der Waals surface area contributed by atoms with Gasteiger partial charge in [0.25, 0.3) is 0 Å². The molecule has 1 aliphatic carbocycles. The molecule has 25 heavy (non-hydrogen) atoms. The molecule has 5 atom stereocenters. The average Bonchev–Trinajstić information content (AvgIpc) is 2.79. The molecule has 1 amide bonds. The quantitative estimate of drug-likeness (QED) is 0.163. The molecular formula is C16H23NO7S. The van der Waals surface area contributed by atoms with Gasteiger partial charge in [-0.2, -0.15) is 0 Å². The third kappa shape index (κ3) is 2.87. The van der Waals surface area contributed by atoms with Gasteiger partial charge >= 0.3 is 5.97 Å². The highest BCUT2D eigenvalue weighted by atomic mass is 32.2. The number of rotatable bonds is 8. The normalized spacial score (nSPS) is 37.9. The van der Waals surface area contributed by atoms with Crippen LogP contribution in [0.1, 0.15) is 32.6 Å². The van der Waals surface area contributed by atoms with Crippen LogP contribution < -0.4 is 5.32 Å². The number of hydrogen-bond donors (Lipinski definition) is 2. The van der Waals surface area contributed by atoms with Crippen LogP contribution in [0.15, 0.2) is 12.2 Å². The molecule has 8 nitrogen and oxygen atoms in total. The summed E-state index contributed by atoms with van der Waals surface area (Å²) in [6.45, 7) is 1.90. The number of amides is 1. The molecule has 2 saturated heterocycles. The molecule has 2 fully saturated rings. The van der Waals surface area contributed by atoms with Gasteiger partial charge in [-0.15, -0.1) is 4.33 Å². The molecule has 0 aromatic carbocycles. The first-order valence-electron chi connectivity index (χ1n) is 8.36. The Morgan fingerprint density at radius 3 is 2.96 bits per heavy atom. The van der Waals surface area contributed by atoms with Gasteiger partial charge in [-0.25, -0.2) is 9.68 Å². The Kier molecular flexibility index (Phi) is 5.40. The molecule has 0 aromatic heterocycles. The zero-order chi connectivity index (χ0) is 18.1. The fourth-order valence-corrected chi connectivity index (χ4v) is 4.39. The van der Waals surface area contributed by atoms with Crippen molar-refractivity contribution in [2.75, 3.05) is 13.7 Å². The van der Waals surface area contributed by atoms with Gasteiger partial charge in [-0.1, -0.05) is 12.2 Å². The van der Waals surface area contributed by atoms with Crippen LogP contribution in [0.5, 0.6) is 0 Å². The van der Waals surface area contributed by atoms with E-state index in [1.54, 1.807) is 6.92 Å². The monoisotopic (exact) mass is 373 g/mol. The fourth-order valence-electron chi connectivity index (χ4n) is 4.13. The molecule has 9 heteroatoms. The summed E-state index contributed by atoms with van der Waals surface area (Å²) >= 11 is 0.665. The molecule has 0 saturated carbocycles. The molecule has 0 radical (unpaired) electrons. The highest BCUT2D eigenvalue weighted by Crippen LogP contribution is 2.53. The number of fused-ring (bicyclic) bond motifs is 1. The standard InChI is InChI=1S/C16H23NO7S/c1-15-11(8-9-22-25-24-21-2)13(19)17-16(15,14(20)23-15)12(18)10-6-4-3-5-7-10/h4,6,10-12,18H,3,5,7-9H2,1-2H3,(H,17,19)/t10-,11+,12+,15+,16+/m1/s1. The number of aliphatic hydroxyl groups is 1. The van der Waals surface area contributed by atoms with Crippen LogP contribution in [0.25, 0.3) is 0 Å². The Labute approximate surface area is 150 Å². The Hall–Kier alpha value is -1.13. The predicted octanol–water partition coefficient (Wildman–Crippen LogP) is 1.05. The first-order valence-corrected chi connectivity index (χ1v) is 9.03. The second-order valence-electron chi connectivity index (χ2n) is 6.73. The topological polar surface area (TPSA) is 103 Å². The largest absolute Gasteiger partial charge is 0.453 e. The number of aliphatic hydroxyl groups excluding tert-OH is 1. The second-order valence-corrected chi connectivity index (χ2v) is 7.24. The molecule has 3 rings (SSSR count). The van der Waals surface area contributed by atoms with Crippen molar-refractivity contribution >= 4 is 24.2 Å². The smallest absolute Gasteiger partial charge is 0.339 e. The van der Waals surface area contributed by atoms with Crippen molar-refractivity contribution in [2.24, 2.45) is 11.8 Å². The molecule has 0 bridgehead atoms. The SMILES string of the molecule is COOSOCC[C@H]1C(=O)N[C@@]2([C@@H](O)[C@@H]3C=CCCC3)C(=O)O[C@@]12C. The number of hydrogen-bond acceptors (Lipinski definition) is 8. The number of nitrogens with one attached hydrogen (secondary N) is 1. The molecule has 2 N–H and O–H groups in total. The van der Waals surface area contributed by atoms with E-state index in [9.17, 15) is 14.7 Å². The first-order chi connectivity index (χ1) is 12.0. The van der Waals surface area contributed by atoms with Gasteiger partial charge in [-0.3, -0.25) is 8.98 Å². The molecule has 3 aliphatic rings. The van der Waals surface area contributed by atoms with Crippen molar-refractivity contribution in [3.63, 3.8) is 0 Å². The summed E-state index contributed by atoms with van der Waals surface area (Å²) in [5.41, 5.74) is -2.49. The minimum atomic E-state index is -1.39. The summed E-state index contributed by atoms with van der Waals surface area (Å²) < 4.78 is 15.1. The van der Waals surface area contributed by atoms with E-state index in [4.69, 9.17) is 8.92 Å². The van der Waals surface area contributed by atoms with Crippen molar-refractivity contribution in [2.45, 2.75) is 49.9 Å². The summed E-state index contributed by atoms with van der Waals surface area (Å²) in [4.78, 5) is 29.2. The highest BCUT2D eigenvalue weighted by Gasteiger charge is 2.79. The van der Waals surface area contributed by atoms with Crippen molar-refractivity contribution in [3.8, 4) is 0 Å². The molecule has 0 aromatic rings. The molecular weight excluding hydrogens is 350 g/mol. The third-order valence-electron chi connectivity index (χ3n) is 5.49. The summed E-state index contributed by atoms with van der Waals surface area (Å²) in [7, 11) is 1.35. The van der Waals surface area contributed by atoms with Gasteiger partial charge in [0.1, 0.15) is 0 Å². The maximum absolute atomic E-state index is 12.5. The van der Waals surface area contributed by atoms with E-state index in [0.717, 1.165) is 19.3 Å². The van der Waals surface area contributed by atoms with Crippen molar-refractivity contribution in [1.29, 1.82) is 0 Å². The molecule has 140 valence electrons. The summed E-state index contributed by atoms with van der Waals surface area (Å²) in [5, 5.41) is 13.7. The van der Waals surface area contributed by atoms with Gasteiger partial charge in [0.05, 0.1) is 25.7 Å². The van der Waals surface area contributed by atoms with E-state index in [-0.39, 0.29) is 18.4 Å². The Morgan fingerprint density at radius 2 is 2.32 bits per heavy atom. The zero-order valence-corrected chi connectivity index (χ0v) is 15.0. The number of carbonyl (C=O) groups excluding carboxylic acids is 2. The van der Waals surface area contributed by atoms with Gasteiger partial charge in [0.15, 0.2) is 17.9 Å². The first kappa shape index (κ1) is 18.7. The molecule has 0 spiro atoms. The Morgan fingerprint density at radius 1 is 1.52 bits per heavy atom. The van der Waals surface area contributed by atoms with E-state index in [1.807, 2.05) is 12.2 Å². The maximum atomic E-state index is 12.5. The number of ether oxygens (including phenoxy) is 1. The Bertz CT molecular complexity index is 571. The lowest BCUT2D eigenvalue weighted by atomic mass is 9.64. The van der Waals surface area contributed by atoms with Crippen LogP contribution in [0.2, 0.25) is 0 Å². The zero-order valence-electron chi connectivity index (χ0n) is 14.2. The number of esters is 1. The molecule has 2 heterocycles. The minimum Gasteiger partial charge on any atom is -0.453 e. The van der Waals surface area contributed by atoms with Crippen molar-refractivity contribution < 1.29 is 32.8 Å². The van der Waals surface area contributed by atoms with Crippen LogP contribution in [0, 0.1) is 11.8 Å². The van der Waals surface area contributed by atoms with Gasteiger partial charge in [0.2, 0.25) is 11.4 Å². The van der Waals surface area contributed by atoms with Crippen LogP contribution >= 0.6 is 12.3 Å². The van der Waals surface area contributed by atoms with Crippen molar-refractivity contribution in [3.05, 3.63) is 12.2 Å². The third-order valence-corrected chi connectivity index (χ3v) is 5.94. The highest BCUT2D eigenvalue weighted by molar-refractivity contribution is 7.89. The summed E-state index contributed by atoms with van der Waals surface area (Å²) in [6.07, 6.45) is 5.92. The Balaban J connectivity index is 1.73. The lowest BCUT2D eigenvalue weighted by Gasteiger charge is -2.54. The molecule has 2 aliphatic heterocycles. The van der Waals surface area contributed by atoms with Gasteiger partial charge in [0, 0.05) is 5.92 Å². The second kappa shape index (κ2) is 7.24. The summed E-state index contributed by atoms with van der Waals surface area (Å²) in [6, 6.07) is 0.